The molecule has 0 amide bonds. The molecule has 0 saturated carbocycles. The zero-order chi connectivity index (χ0) is 18.4. The highest BCUT2D eigenvalue weighted by Crippen LogP contribution is 2.28. The van der Waals surface area contributed by atoms with Gasteiger partial charge in [0.1, 0.15) is 0 Å². The Morgan fingerprint density at radius 3 is 2.46 bits per heavy atom. The largest absolute Gasteiger partial charge is 0.343 e. The van der Waals surface area contributed by atoms with Crippen molar-refractivity contribution in [3.63, 3.8) is 0 Å². The number of para-hydroxylation sites is 1. The number of aromatic nitrogens is 1. The van der Waals surface area contributed by atoms with Gasteiger partial charge in [-0.1, -0.05) is 73.7 Å². The van der Waals surface area contributed by atoms with Crippen LogP contribution in [-0.4, -0.2) is 11.1 Å². The van der Waals surface area contributed by atoms with Crippen molar-refractivity contribution in [2.45, 2.75) is 45.7 Å². The SMILES string of the molecule is CCCCCCNCc1cn(Cc2c(Cl)cccc2Cl)c2ccccc12. The van der Waals surface area contributed by atoms with Crippen LogP contribution in [0.15, 0.2) is 48.7 Å². The molecule has 0 unspecified atom stereocenters. The van der Waals surface area contributed by atoms with Gasteiger partial charge < -0.3 is 9.88 Å². The van der Waals surface area contributed by atoms with Gasteiger partial charge in [0, 0.05) is 39.3 Å². The summed E-state index contributed by atoms with van der Waals surface area (Å²) in [7, 11) is 0. The Labute approximate surface area is 166 Å². The zero-order valence-corrected chi connectivity index (χ0v) is 16.8. The molecule has 0 aliphatic rings. The lowest BCUT2D eigenvalue weighted by atomic mass is 10.1. The molecular formula is C22H26Cl2N2. The summed E-state index contributed by atoms with van der Waals surface area (Å²) in [5, 5.41) is 6.30. The van der Waals surface area contributed by atoms with Crippen molar-refractivity contribution in [2.75, 3.05) is 6.54 Å². The summed E-state index contributed by atoms with van der Waals surface area (Å²) in [6.45, 7) is 4.87. The van der Waals surface area contributed by atoms with Crippen LogP contribution in [0.3, 0.4) is 0 Å². The summed E-state index contributed by atoms with van der Waals surface area (Å²) in [5.74, 6) is 0. The van der Waals surface area contributed by atoms with E-state index in [-0.39, 0.29) is 0 Å². The van der Waals surface area contributed by atoms with Gasteiger partial charge in [-0.15, -0.1) is 0 Å². The van der Waals surface area contributed by atoms with Crippen LogP contribution < -0.4 is 5.32 Å². The molecule has 26 heavy (non-hydrogen) atoms. The van der Waals surface area contributed by atoms with E-state index >= 15 is 0 Å². The minimum absolute atomic E-state index is 0.676. The van der Waals surface area contributed by atoms with E-state index in [9.17, 15) is 0 Å². The van der Waals surface area contributed by atoms with Crippen LogP contribution in [0.2, 0.25) is 10.0 Å². The van der Waals surface area contributed by atoms with Gasteiger partial charge in [-0.25, -0.2) is 0 Å². The molecule has 0 saturated heterocycles. The summed E-state index contributed by atoms with van der Waals surface area (Å²) in [6, 6.07) is 14.2. The van der Waals surface area contributed by atoms with Crippen molar-refractivity contribution in [3.05, 3.63) is 69.8 Å². The monoisotopic (exact) mass is 388 g/mol. The minimum Gasteiger partial charge on any atom is -0.343 e. The molecule has 1 N–H and O–H groups in total. The molecule has 1 aromatic heterocycles. The number of rotatable bonds is 9. The highest BCUT2D eigenvalue weighted by Gasteiger charge is 2.11. The van der Waals surface area contributed by atoms with Crippen LogP contribution in [0, 0.1) is 0 Å². The first-order chi connectivity index (χ1) is 12.7. The van der Waals surface area contributed by atoms with Crippen LogP contribution >= 0.6 is 23.2 Å². The van der Waals surface area contributed by atoms with Crippen molar-refractivity contribution in [1.29, 1.82) is 0 Å². The molecule has 0 radical (unpaired) electrons. The highest BCUT2D eigenvalue weighted by atomic mass is 35.5. The third-order valence-corrected chi connectivity index (χ3v) is 5.49. The number of halogens is 2. The number of hydrogen-bond acceptors (Lipinski definition) is 1. The topological polar surface area (TPSA) is 17.0 Å². The molecule has 1 heterocycles. The predicted octanol–water partition coefficient (Wildman–Crippen LogP) is 6.67. The fourth-order valence-corrected chi connectivity index (χ4v) is 3.87. The Hall–Kier alpha value is -1.48. The number of nitrogens with zero attached hydrogens (tertiary/aromatic N) is 1. The van der Waals surface area contributed by atoms with Gasteiger partial charge in [0.25, 0.3) is 0 Å². The molecule has 0 spiro atoms. The van der Waals surface area contributed by atoms with Crippen molar-refractivity contribution in [3.8, 4) is 0 Å². The Morgan fingerprint density at radius 2 is 1.69 bits per heavy atom. The summed E-state index contributed by atoms with van der Waals surface area (Å²) in [5.41, 5.74) is 3.50. The number of fused-ring (bicyclic) bond motifs is 1. The predicted molar refractivity (Wildman–Crippen MR) is 113 cm³/mol. The lowest BCUT2D eigenvalue weighted by Gasteiger charge is -2.09. The van der Waals surface area contributed by atoms with Crippen LogP contribution in [0.5, 0.6) is 0 Å². The van der Waals surface area contributed by atoms with E-state index in [0.29, 0.717) is 16.6 Å². The van der Waals surface area contributed by atoms with Gasteiger partial charge in [0.15, 0.2) is 0 Å². The number of benzene rings is 2. The van der Waals surface area contributed by atoms with Crippen molar-refractivity contribution in [2.24, 2.45) is 0 Å². The molecule has 3 rings (SSSR count). The molecule has 0 aliphatic heterocycles. The average Bonchev–Trinajstić information content (AvgIpc) is 2.99. The smallest absolute Gasteiger partial charge is 0.0505 e. The maximum Gasteiger partial charge on any atom is 0.0505 e. The first-order valence-electron chi connectivity index (χ1n) is 9.41. The first-order valence-corrected chi connectivity index (χ1v) is 10.2. The highest BCUT2D eigenvalue weighted by molar-refractivity contribution is 6.36. The maximum atomic E-state index is 6.37. The summed E-state index contributed by atoms with van der Waals surface area (Å²) in [4.78, 5) is 0. The Kier molecular flexibility index (Phi) is 7.01. The fourth-order valence-electron chi connectivity index (χ4n) is 3.35. The average molecular weight is 389 g/mol. The third kappa shape index (κ3) is 4.62. The van der Waals surface area contributed by atoms with E-state index in [1.54, 1.807) is 0 Å². The molecule has 4 heteroatoms. The van der Waals surface area contributed by atoms with Gasteiger partial charge in [0.2, 0.25) is 0 Å². The summed E-state index contributed by atoms with van der Waals surface area (Å²) >= 11 is 12.7. The van der Waals surface area contributed by atoms with Crippen LogP contribution in [-0.2, 0) is 13.1 Å². The molecule has 0 aliphatic carbocycles. The molecule has 3 aromatic rings. The normalized spacial score (nSPS) is 11.3. The van der Waals surface area contributed by atoms with Crippen molar-refractivity contribution in [1.82, 2.24) is 9.88 Å². The Balaban J connectivity index is 1.77. The third-order valence-electron chi connectivity index (χ3n) is 4.78. The van der Waals surface area contributed by atoms with Crippen LogP contribution in [0.1, 0.15) is 43.7 Å². The lowest BCUT2D eigenvalue weighted by Crippen LogP contribution is -2.14. The molecule has 2 aromatic carbocycles. The van der Waals surface area contributed by atoms with Crippen molar-refractivity contribution >= 4 is 34.1 Å². The van der Waals surface area contributed by atoms with Gasteiger partial charge in [-0.2, -0.15) is 0 Å². The fraction of sp³-hybridized carbons (Fsp3) is 0.364. The standard InChI is InChI=1S/C22H26Cl2N2/c1-2-3-4-7-13-25-14-17-15-26(22-12-6-5-9-18(17)22)16-19-20(23)10-8-11-21(19)24/h5-6,8-12,15,25H,2-4,7,13-14,16H2,1H3. The van der Waals surface area contributed by atoms with E-state index in [1.165, 1.54) is 42.1 Å². The van der Waals surface area contributed by atoms with Gasteiger partial charge in [-0.05, 0) is 36.7 Å². The number of nitrogens with one attached hydrogen (secondary N) is 1. The quantitative estimate of drug-likeness (QED) is 0.405. The second-order valence-corrected chi connectivity index (χ2v) is 7.55. The Morgan fingerprint density at radius 1 is 0.923 bits per heavy atom. The maximum absolute atomic E-state index is 6.37. The van der Waals surface area contributed by atoms with E-state index < -0.39 is 0 Å². The van der Waals surface area contributed by atoms with Gasteiger partial charge in [-0.3, -0.25) is 0 Å². The molecule has 0 bridgehead atoms. The molecule has 0 fully saturated rings. The van der Waals surface area contributed by atoms with E-state index in [0.717, 1.165) is 18.7 Å². The molecule has 2 nitrogen and oxygen atoms in total. The molecular weight excluding hydrogens is 363 g/mol. The minimum atomic E-state index is 0.676. The van der Waals surface area contributed by atoms with E-state index in [4.69, 9.17) is 23.2 Å². The van der Waals surface area contributed by atoms with Gasteiger partial charge in [0.05, 0.1) is 6.54 Å². The molecule has 138 valence electrons. The summed E-state index contributed by atoms with van der Waals surface area (Å²) in [6.07, 6.45) is 7.36. The van der Waals surface area contributed by atoms with E-state index in [2.05, 4.69) is 47.3 Å². The first kappa shape index (κ1) is 19.3. The van der Waals surface area contributed by atoms with Crippen LogP contribution in [0.25, 0.3) is 10.9 Å². The Bertz CT molecular complexity index is 834. The lowest BCUT2D eigenvalue weighted by molar-refractivity contribution is 0.598. The second-order valence-electron chi connectivity index (χ2n) is 6.74. The summed E-state index contributed by atoms with van der Waals surface area (Å²) < 4.78 is 2.25. The van der Waals surface area contributed by atoms with Crippen LogP contribution in [0.4, 0.5) is 0 Å². The second kappa shape index (κ2) is 9.45. The number of unbranched alkanes of at least 4 members (excludes halogenated alkanes) is 3. The zero-order valence-electron chi connectivity index (χ0n) is 15.3. The van der Waals surface area contributed by atoms with E-state index in [1.807, 2.05) is 18.2 Å². The van der Waals surface area contributed by atoms with Gasteiger partial charge >= 0.3 is 0 Å². The molecule has 0 atom stereocenters. The van der Waals surface area contributed by atoms with Crippen molar-refractivity contribution < 1.29 is 0 Å². The number of hydrogen-bond donors (Lipinski definition) is 1.